The Morgan fingerprint density at radius 1 is 1.45 bits per heavy atom. The highest BCUT2D eigenvalue weighted by Crippen LogP contribution is 2.13. The molecule has 0 radical (unpaired) electrons. The average Bonchev–Trinajstić information content (AvgIpc) is 2.42. The Kier molecular flexibility index (Phi) is 6.23. The summed E-state index contributed by atoms with van der Waals surface area (Å²) >= 11 is 0. The molecule has 0 saturated carbocycles. The molecule has 0 atom stereocenters. The molecule has 0 aliphatic heterocycles. The number of benzene rings is 1. The van der Waals surface area contributed by atoms with Gasteiger partial charge in [0.1, 0.15) is 0 Å². The minimum atomic E-state index is -0.0736. The van der Waals surface area contributed by atoms with E-state index in [1.54, 1.807) is 11.0 Å². The van der Waals surface area contributed by atoms with Gasteiger partial charge in [-0.15, -0.1) is 0 Å². The quantitative estimate of drug-likeness (QED) is 0.809. The van der Waals surface area contributed by atoms with Crippen molar-refractivity contribution >= 4 is 5.91 Å². The van der Waals surface area contributed by atoms with Gasteiger partial charge in [-0.1, -0.05) is 11.8 Å². The fraction of sp³-hybridized carbons (Fsp3) is 0.438. The topological polar surface area (TPSA) is 66.6 Å². The molecule has 1 aromatic rings. The van der Waals surface area contributed by atoms with E-state index in [4.69, 9.17) is 10.8 Å². The predicted molar refractivity (Wildman–Crippen MR) is 80.4 cm³/mol. The Balaban J connectivity index is 3.02. The Labute approximate surface area is 120 Å². The Morgan fingerprint density at radius 2 is 2.15 bits per heavy atom. The second kappa shape index (κ2) is 7.68. The fourth-order valence-corrected chi connectivity index (χ4v) is 1.95. The van der Waals surface area contributed by atoms with Gasteiger partial charge in [0.15, 0.2) is 0 Å². The molecule has 1 rings (SSSR count). The van der Waals surface area contributed by atoms with Crippen LogP contribution in [0.4, 0.5) is 0 Å². The largest absolute Gasteiger partial charge is 0.395 e. The minimum absolute atomic E-state index is 0.0387. The molecule has 4 heteroatoms. The van der Waals surface area contributed by atoms with Gasteiger partial charge in [0.2, 0.25) is 0 Å². The molecular formula is C16H22N2O2. The molecule has 1 amide bonds. The highest BCUT2D eigenvalue weighted by Gasteiger charge is 2.18. The lowest BCUT2D eigenvalue weighted by Crippen LogP contribution is -2.39. The molecule has 0 aromatic heterocycles. The van der Waals surface area contributed by atoms with Crippen LogP contribution in [-0.4, -0.2) is 41.7 Å². The van der Waals surface area contributed by atoms with Crippen LogP contribution < -0.4 is 5.73 Å². The van der Waals surface area contributed by atoms with Gasteiger partial charge in [0, 0.05) is 23.7 Å². The minimum Gasteiger partial charge on any atom is -0.395 e. The number of hydrogen-bond donors (Lipinski definition) is 2. The molecule has 1 aromatic carbocycles. The molecule has 4 nitrogen and oxygen atoms in total. The van der Waals surface area contributed by atoms with Crippen LogP contribution in [0.1, 0.15) is 35.3 Å². The van der Waals surface area contributed by atoms with Crippen molar-refractivity contribution < 1.29 is 9.90 Å². The summed E-state index contributed by atoms with van der Waals surface area (Å²) in [6.45, 7) is 6.40. The van der Waals surface area contributed by atoms with Gasteiger partial charge in [0.25, 0.3) is 5.91 Å². The molecule has 0 aliphatic rings. The van der Waals surface area contributed by atoms with Gasteiger partial charge in [-0.3, -0.25) is 4.79 Å². The predicted octanol–water partition coefficient (Wildman–Crippen LogP) is 1.15. The lowest BCUT2D eigenvalue weighted by atomic mass is 10.0. The third kappa shape index (κ3) is 4.09. The van der Waals surface area contributed by atoms with Gasteiger partial charge in [-0.2, -0.15) is 0 Å². The van der Waals surface area contributed by atoms with Gasteiger partial charge < -0.3 is 15.7 Å². The number of nitrogens with two attached hydrogens (primary N) is 1. The van der Waals surface area contributed by atoms with Crippen LogP contribution in [-0.2, 0) is 0 Å². The molecule has 0 unspecified atom stereocenters. The average molecular weight is 274 g/mol. The molecule has 0 spiro atoms. The van der Waals surface area contributed by atoms with Crippen molar-refractivity contribution in [2.45, 2.75) is 26.8 Å². The summed E-state index contributed by atoms with van der Waals surface area (Å²) in [6, 6.07) is 5.48. The summed E-state index contributed by atoms with van der Waals surface area (Å²) in [5.74, 6) is 5.71. The zero-order chi connectivity index (χ0) is 15.1. The molecule has 0 aliphatic carbocycles. The maximum Gasteiger partial charge on any atom is 0.254 e. The third-order valence-corrected chi connectivity index (χ3v) is 3.02. The van der Waals surface area contributed by atoms with Crippen LogP contribution in [0, 0.1) is 18.8 Å². The zero-order valence-electron chi connectivity index (χ0n) is 12.3. The smallest absolute Gasteiger partial charge is 0.254 e. The number of aliphatic hydroxyl groups is 1. The number of carbonyl (C=O) groups excluding carboxylic acids is 1. The summed E-state index contributed by atoms with van der Waals surface area (Å²) in [6.07, 6.45) is 0. The highest BCUT2D eigenvalue weighted by molar-refractivity contribution is 5.94. The number of aliphatic hydroxyl groups excluding tert-OH is 1. The van der Waals surface area contributed by atoms with Crippen molar-refractivity contribution in [2.24, 2.45) is 5.73 Å². The van der Waals surface area contributed by atoms with Crippen LogP contribution in [0.15, 0.2) is 18.2 Å². The first-order valence-electron chi connectivity index (χ1n) is 6.72. The lowest BCUT2D eigenvalue weighted by Gasteiger charge is -2.26. The third-order valence-electron chi connectivity index (χ3n) is 3.02. The first-order chi connectivity index (χ1) is 9.51. The number of hydrogen-bond acceptors (Lipinski definition) is 3. The number of rotatable bonds is 4. The van der Waals surface area contributed by atoms with Crippen molar-refractivity contribution in [1.29, 1.82) is 0 Å². The standard InChI is InChI=1S/C16H22N2O2/c1-12(2)18(9-10-19)16(20)15-7-6-14(5-4-8-17)13(3)11-15/h6-7,11-12,19H,8-10,17H2,1-3H3. The molecule has 0 fully saturated rings. The normalized spacial score (nSPS) is 10.1. The molecular weight excluding hydrogens is 252 g/mol. The monoisotopic (exact) mass is 274 g/mol. The first kappa shape index (κ1) is 16.2. The van der Waals surface area contributed by atoms with Crippen LogP contribution in [0.5, 0.6) is 0 Å². The molecule has 20 heavy (non-hydrogen) atoms. The number of amides is 1. The van der Waals surface area contributed by atoms with Crippen LogP contribution in [0.3, 0.4) is 0 Å². The van der Waals surface area contributed by atoms with Gasteiger partial charge in [0.05, 0.1) is 13.2 Å². The summed E-state index contributed by atoms with van der Waals surface area (Å²) in [5.41, 5.74) is 7.80. The van der Waals surface area contributed by atoms with E-state index in [0.717, 1.165) is 11.1 Å². The number of nitrogens with zero attached hydrogens (tertiary/aromatic N) is 1. The summed E-state index contributed by atoms with van der Waals surface area (Å²) in [4.78, 5) is 14.1. The number of aryl methyl sites for hydroxylation is 1. The van der Waals surface area contributed by atoms with Crippen molar-refractivity contribution in [3.05, 3.63) is 34.9 Å². The van der Waals surface area contributed by atoms with E-state index in [1.165, 1.54) is 0 Å². The maximum atomic E-state index is 12.4. The van der Waals surface area contributed by atoms with E-state index in [0.29, 0.717) is 18.7 Å². The van der Waals surface area contributed by atoms with E-state index >= 15 is 0 Å². The Hall–Kier alpha value is -1.83. The maximum absolute atomic E-state index is 12.4. The second-order valence-electron chi connectivity index (χ2n) is 4.85. The summed E-state index contributed by atoms with van der Waals surface area (Å²) in [7, 11) is 0. The van der Waals surface area contributed by atoms with E-state index in [2.05, 4.69) is 11.8 Å². The SMILES string of the molecule is Cc1cc(C(=O)N(CCO)C(C)C)ccc1C#CCN. The molecule has 108 valence electrons. The molecule has 3 N–H and O–H groups in total. The van der Waals surface area contributed by atoms with Gasteiger partial charge in [-0.25, -0.2) is 0 Å². The Bertz CT molecular complexity index is 527. The van der Waals surface area contributed by atoms with E-state index in [1.807, 2.05) is 32.9 Å². The van der Waals surface area contributed by atoms with Gasteiger partial charge >= 0.3 is 0 Å². The van der Waals surface area contributed by atoms with Crippen molar-refractivity contribution in [2.75, 3.05) is 19.7 Å². The molecule has 0 bridgehead atoms. The fourth-order valence-electron chi connectivity index (χ4n) is 1.95. The molecule has 0 saturated heterocycles. The van der Waals surface area contributed by atoms with Crippen molar-refractivity contribution in [3.8, 4) is 11.8 Å². The van der Waals surface area contributed by atoms with Crippen LogP contribution in [0.25, 0.3) is 0 Å². The number of carbonyl (C=O) groups is 1. The van der Waals surface area contributed by atoms with E-state index < -0.39 is 0 Å². The van der Waals surface area contributed by atoms with E-state index in [-0.39, 0.29) is 18.6 Å². The first-order valence-corrected chi connectivity index (χ1v) is 6.72. The zero-order valence-corrected chi connectivity index (χ0v) is 12.3. The summed E-state index contributed by atoms with van der Waals surface area (Å²) < 4.78 is 0. The van der Waals surface area contributed by atoms with Crippen LogP contribution >= 0.6 is 0 Å². The molecule has 0 heterocycles. The van der Waals surface area contributed by atoms with Crippen molar-refractivity contribution in [1.82, 2.24) is 4.90 Å². The summed E-state index contributed by atoms with van der Waals surface area (Å²) in [5, 5.41) is 9.05. The van der Waals surface area contributed by atoms with E-state index in [9.17, 15) is 4.79 Å². The lowest BCUT2D eigenvalue weighted by molar-refractivity contribution is 0.0665. The Morgan fingerprint density at radius 3 is 2.65 bits per heavy atom. The van der Waals surface area contributed by atoms with Gasteiger partial charge in [-0.05, 0) is 44.5 Å². The van der Waals surface area contributed by atoms with Crippen molar-refractivity contribution in [3.63, 3.8) is 0 Å². The second-order valence-corrected chi connectivity index (χ2v) is 4.85. The van der Waals surface area contributed by atoms with Crippen LogP contribution in [0.2, 0.25) is 0 Å². The highest BCUT2D eigenvalue weighted by atomic mass is 16.3.